The maximum Gasteiger partial charge on any atom is 0.163 e. The minimum atomic E-state index is 0.391. The average molecular weight is 189 g/mol. The highest BCUT2D eigenvalue weighted by molar-refractivity contribution is 7.80. The van der Waals surface area contributed by atoms with Gasteiger partial charge in [0.1, 0.15) is 0 Å². The highest BCUT2D eigenvalue weighted by atomic mass is 32.1. The van der Waals surface area contributed by atoms with E-state index in [4.69, 9.17) is 18.0 Å². The Hall–Kier alpha value is -0.350. The fourth-order valence-corrected chi connectivity index (χ4v) is 1.18. The molecule has 4 heteroatoms. The van der Waals surface area contributed by atoms with Gasteiger partial charge < -0.3 is 16.0 Å². The molecule has 0 amide bonds. The Morgan fingerprint density at radius 1 is 1.42 bits per heavy atom. The third-order valence-electron chi connectivity index (χ3n) is 1.71. The Balaban J connectivity index is 3.37. The molecule has 0 fully saturated rings. The first-order valence-corrected chi connectivity index (χ1v) is 4.87. The number of likely N-dealkylation sites (N-methyl/N-ethyl adjacent to an activating group) is 1. The van der Waals surface area contributed by atoms with Gasteiger partial charge in [-0.15, -0.1) is 0 Å². The molecule has 0 aromatic carbocycles. The molecule has 0 bridgehead atoms. The van der Waals surface area contributed by atoms with E-state index in [0.717, 1.165) is 26.2 Å². The number of rotatable bonds is 6. The zero-order chi connectivity index (χ0) is 9.40. The quantitative estimate of drug-likeness (QED) is 0.599. The molecule has 0 aliphatic heterocycles. The topological polar surface area (TPSA) is 41.3 Å². The minimum Gasteiger partial charge on any atom is -0.376 e. The lowest BCUT2D eigenvalue weighted by Crippen LogP contribution is -2.37. The number of nitrogens with two attached hydrogens (primary N) is 1. The normalized spacial score (nSPS) is 10.2. The van der Waals surface area contributed by atoms with Crippen LogP contribution in [0.1, 0.15) is 20.3 Å². The summed E-state index contributed by atoms with van der Waals surface area (Å²) in [4.78, 5) is 2.37. The van der Waals surface area contributed by atoms with E-state index in [1.54, 1.807) is 0 Å². The second kappa shape index (κ2) is 7.31. The van der Waals surface area contributed by atoms with Crippen molar-refractivity contribution in [3.8, 4) is 0 Å². The maximum atomic E-state index is 5.30. The first kappa shape index (κ1) is 11.6. The Kier molecular flexibility index (Phi) is 7.09. The molecule has 0 aromatic heterocycles. The summed E-state index contributed by atoms with van der Waals surface area (Å²) < 4.78 is 0. The summed E-state index contributed by atoms with van der Waals surface area (Å²) in [6.07, 6.45) is 1.20. The second-order valence-corrected chi connectivity index (χ2v) is 3.17. The van der Waals surface area contributed by atoms with Gasteiger partial charge in [0.15, 0.2) is 5.11 Å². The minimum absolute atomic E-state index is 0.391. The summed E-state index contributed by atoms with van der Waals surface area (Å²) in [5, 5.41) is 3.33. The molecule has 0 heterocycles. The van der Waals surface area contributed by atoms with Gasteiger partial charge in [-0.2, -0.15) is 0 Å². The smallest absolute Gasteiger partial charge is 0.163 e. The summed E-state index contributed by atoms with van der Waals surface area (Å²) in [6, 6.07) is 0. The predicted octanol–water partition coefficient (Wildman–Crippen LogP) is 0.552. The molecule has 0 aromatic rings. The van der Waals surface area contributed by atoms with Crippen molar-refractivity contribution in [3.63, 3.8) is 0 Å². The maximum absolute atomic E-state index is 5.30. The highest BCUT2D eigenvalue weighted by Gasteiger charge is 1.98. The molecule has 0 radical (unpaired) electrons. The molecule has 72 valence electrons. The molecule has 0 aliphatic rings. The number of hydrogen-bond donors (Lipinski definition) is 2. The lowest BCUT2D eigenvalue weighted by molar-refractivity contribution is 0.293. The van der Waals surface area contributed by atoms with Crippen LogP contribution < -0.4 is 11.1 Å². The van der Waals surface area contributed by atoms with Gasteiger partial charge in [0, 0.05) is 13.1 Å². The van der Waals surface area contributed by atoms with Gasteiger partial charge in [-0.25, -0.2) is 0 Å². The zero-order valence-corrected chi connectivity index (χ0v) is 8.78. The SMILES string of the molecule is CCCN(CC)CCNC(N)=S. The van der Waals surface area contributed by atoms with Crippen molar-refractivity contribution in [1.82, 2.24) is 10.2 Å². The molecular formula is C8H19N3S. The van der Waals surface area contributed by atoms with Crippen LogP contribution in [-0.2, 0) is 0 Å². The second-order valence-electron chi connectivity index (χ2n) is 2.73. The van der Waals surface area contributed by atoms with E-state index in [1.165, 1.54) is 6.42 Å². The monoisotopic (exact) mass is 189 g/mol. The van der Waals surface area contributed by atoms with E-state index in [9.17, 15) is 0 Å². The van der Waals surface area contributed by atoms with Crippen LogP contribution in [0.5, 0.6) is 0 Å². The van der Waals surface area contributed by atoms with Crippen molar-refractivity contribution >= 4 is 17.3 Å². The third-order valence-corrected chi connectivity index (χ3v) is 1.86. The summed E-state index contributed by atoms with van der Waals surface area (Å²) in [5.41, 5.74) is 5.30. The van der Waals surface area contributed by atoms with Crippen molar-refractivity contribution < 1.29 is 0 Å². The summed E-state index contributed by atoms with van der Waals surface area (Å²) in [6.45, 7) is 8.45. The Labute approximate surface area is 80.3 Å². The van der Waals surface area contributed by atoms with Crippen LogP contribution in [0.2, 0.25) is 0 Å². The van der Waals surface area contributed by atoms with Crippen LogP contribution in [0, 0.1) is 0 Å². The molecule has 3 N–H and O–H groups in total. The number of nitrogens with zero attached hydrogens (tertiary/aromatic N) is 1. The van der Waals surface area contributed by atoms with E-state index in [0.29, 0.717) is 5.11 Å². The molecule has 0 rings (SSSR count). The predicted molar refractivity (Wildman–Crippen MR) is 57.2 cm³/mol. The Morgan fingerprint density at radius 3 is 2.50 bits per heavy atom. The molecule has 3 nitrogen and oxygen atoms in total. The first-order valence-electron chi connectivity index (χ1n) is 4.46. The van der Waals surface area contributed by atoms with Gasteiger partial charge in [0.2, 0.25) is 0 Å². The lowest BCUT2D eigenvalue weighted by atomic mass is 10.4. The Morgan fingerprint density at radius 2 is 2.08 bits per heavy atom. The van der Waals surface area contributed by atoms with Crippen LogP contribution in [0.3, 0.4) is 0 Å². The highest BCUT2D eigenvalue weighted by Crippen LogP contribution is 1.88. The summed E-state index contributed by atoms with van der Waals surface area (Å²) in [5.74, 6) is 0. The van der Waals surface area contributed by atoms with Gasteiger partial charge in [-0.1, -0.05) is 13.8 Å². The van der Waals surface area contributed by atoms with Gasteiger partial charge in [0.05, 0.1) is 0 Å². The molecule has 0 saturated heterocycles. The summed E-state index contributed by atoms with van der Waals surface area (Å²) in [7, 11) is 0. The van der Waals surface area contributed by atoms with Crippen molar-refractivity contribution in [2.75, 3.05) is 26.2 Å². The van der Waals surface area contributed by atoms with Crippen LogP contribution in [0.15, 0.2) is 0 Å². The van der Waals surface area contributed by atoms with E-state index >= 15 is 0 Å². The van der Waals surface area contributed by atoms with Crippen LogP contribution in [0.25, 0.3) is 0 Å². The van der Waals surface area contributed by atoms with Crippen molar-refractivity contribution in [3.05, 3.63) is 0 Å². The fourth-order valence-electron chi connectivity index (χ4n) is 1.08. The molecule has 0 spiro atoms. The molecular weight excluding hydrogens is 170 g/mol. The summed E-state index contributed by atoms with van der Waals surface area (Å²) >= 11 is 4.70. The van der Waals surface area contributed by atoms with Crippen LogP contribution >= 0.6 is 12.2 Å². The van der Waals surface area contributed by atoms with E-state index < -0.39 is 0 Å². The fraction of sp³-hybridized carbons (Fsp3) is 0.875. The van der Waals surface area contributed by atoms with Crippen molar-refractivity contribution in [2.45, 2.75) is 20.3 Å². The van der Waals surface area contributed by atoms with E-state index in [2.05, 4.69) is 24.1 Å². The van der Waals surface area contributed by atoms with Crippen molar-refractivity contribution in [1.29, 1.82) is 0 Å². The zero-order valence-electron chi connectivity index (χ0n) is 7.97. The van der Waals surface area contributed by atoms with E-state index in [1.807, 2.05) is 0 Å². The molecule has 0 aliphatic carbocycles. The third kappa shape index (κ3) is 6.37. The molecule has 0 saturated carbocycles. The molecule has 12 heavy (non-hydrogen) atoms. The lowest BCUT2D eigenvalue weighted by Gasteiger charge is -2.19. The van der Waals surface area contributed by atoms with Crippen molar-refractivity contribution in [2.24, 2.45) is 5.73 Å². The van der Waals surface area contributed by atoms with Crippen LogP contribution in [0.4, 0.5) is 0 Å². The van der Waals surface area contributed by atoms with Gasteiger partial charge >= 0.3 is 0 Å². The molecule has 0 atom stereocenters. The number of nitrogens with one attached hydrogen (secondary N) is 1. The average Bonchev–Trinajstić information content (AvgIpc) is 2.02. The first-order chi connectivity index (χ1) is 5.70. The van der Waals surface area contributed by atoms with Gasteiger partial charge in [0.25, 0.3) is 0 Å². The largest absolute Gasteiger partial charge is 0.376 e. The number of thiocarbonyl (C=S) groups is 1. The number of hydrogen-bond acceptors (Lipinski definition) is 2. The van der Waals surface area contributed by atoms with Gasteiger partial charge in [-0.3, -0.25) is 0 Å². The van der Waals surface area contributed by atoms with Crippen LogP contribution in [-0.4, -0.2) is 36.2 Å². The molecule has 0 unspecified atom stereocenters. The Bertz CT molecular complexity index is 127. The van der Waals surface area contributed by atoms with Gasteiger partial charge in [-0.05, 0) is 31.7 Å². The standard InChI is InChI=1S/C8H19N3S/c1-3-6-11(4-2)7-5-10-8(9)12/h3-7H2,1-2H3,(H3,9,10,12). The van der Waals surface area contributed by atoms with E-state index in [-0.39, 0.29) is 0 Å².